The number of aromatic nitrogens is 1. The smallest absolute Gasteiger partial charge is 0.197 e. The number of methoxy groups -OCH3 is 2. The zero-order valence-electron chi connectivity index (χ0n) is 11.0. The molecule has 0 amide bonds. The van der Waals surface area contributed by atoms with Crippen LogP contribution in [0.4, 0.5) is 10.8 Å². The summed E-state index contributed by atoms with van der Waals surface area (Å²) >= 11 is 1.30. The number of para-hydroxylation sites is 1. The molecule has 0 saturated heterocycles. The predicted molar refractivity (Wildman–Crippen MR) is 78.3 cm³/mol. The predicted octanol–water partition coefficient (Wildman–Crippen LogP) is 2.40. The lowest BCUT2D eigenvalue weighted by atomic mass is 10.1. The van der Waals surface area contributed by atoms with E-state index in [1.807, 2.05) is 18.2 Å². The second kappa shape index (κ2) is 6.29. The van der Waals surface area contributed by atoms with Gasteiger partial charge in [0.15, 0.2) is 16.6 Å². The molecule has 0 aliphatic rings. The molecule has 2 rings (SSSR count). The third-order valence-electron chi connectivity index (χ3n) is 2.75. The Balaban J connectivity index is 1.96. The first-order valence-electron chi connectivity index (χ1n) is 5.91. The van der Waals surface area contributed by atoms with Crippen LogP contribution in [0, 0.1) is 0 Å². The Labute approximate surface area is 116 Å². The molecule has 0 fully saturated rings. The summed E-state index contributed by atoms with van der Waals surface area (Å²) in [5.41, 5.74) is 6.86. The van der Waals surface area contributed by atoms with Crippen LogP contribution in [0.15, 0.2) is 24.3 Å². The Morgan fingerprint density at radius 3 is 2.79 bits per heavy atom. The highest BCUT2D eigenvalue weighted by Gasteiger charge is 2.11. The summed E-state index contributed by atoms with van der Waals surface area (Å²) in [6, 6.07) is 7.98. The number of ether oxygens (including phenoxy) is 2. The fraction of sp³-hybridized carbons (Fsp3) is 0.308. The van der Waals surface area contributed by atoms with Crippen molar-refractivity contribution in [3.63, 3.8) is 0 Å². The lowest BCUT2D eigenvalue weighted by Gasteiger charge is -2.09. The van der Waals surface area contributed by atoms with Crippen LogP contribution in [-0.4, -0.2) is 25.1 Å². The maximum absolute atomic E-state index is 5.69. The second-order valence-corrected chi connectivity index (χ2v) is 4.69. The van der Waals surface area contributed by atoms with E-state index >= 15 is 0 Å². The third kappa shape index (κ3) is 3.08. The van der Waals surface area contributed by atoms with Crippen LogP contribution in [0.2, 0.25) is 0 Å². The molecule has 3 N–H and O–H groups in total. The molecule has 0 bridgehead atoms. The number of benzene rings is 1. The molecule has 5 nitrogen and oxygen atoms in total. The van der Waals surface area contributed by atoms with Gasteiger partial charge in [0, 0.05) is 6.54 Å². The van der Waals surface area contributed by atoms with E-state index in [9.17, 15) is 0 Å². The van der Waals surface area contributed by atoms with Gasteiger partial charge in [0.25, 0.3) is 0 Å². The highest BCUT2D eigenvalue weighted by Crippen LogP contribution is 2.34. The Bertz CT molecular complexity index is 542. The van der Waals surface area contributed by atoms with Gasteiger partial charge in [-0.1, -0.05) is 18.2 Å². The van der Waals surface area contributed by atoms with Crippen LogP contribution >= 0.6 is 11.5 Å². The van der Waals surface area contributed by atoms with Gasteiger partial charge >= 0.3 is 0 Å². The molecule has 1 heterocycles. The van der Waals surface area contributed by atoms with Crippen molar-refractivity contribution in [3.05, 3.63) is 29.8 Å². The van der Waals surface area contributed by atoms with Gasteiger partial charge in [-0.05, 0) is 29.6 Å². The summed E-state index contributed by atoms with van der Waals surface area (Å²) in [5, 5.41) is 4.14. The minimum Gasteiger partial charge on any atom is -0.496 e. The molecule has 0 aliphatic carbocycles. The van der Waals surface area contributed by atoms with E-state index in [2.05, 4.69) is 15.8 Å². The average Bonchev–Trinajstić information content (AvgIpc) is 2.79. The molecule has 102 valence electrons. The van der Waals surface area contributed by atoms with Crippen molar-refractivity contribution in [2.24, 2.45) is 0 Å². The summed E-state index contributed by atoms with van der Waals surface area (Å²) in [6.45, 7) is 0.762. The van der Waals surface area contributed by atoms with Crippen molar-refractivity contribution >= 4 is 22.4 Å². The molecule has 1 aromatic heterocycles. The van der Waals surface area contributed by atoms with E-state index in [0.717, 1.165) is 29.3 Å². The first kappa shape index (κ1) is 13.5. The van der Waals surface area contributed by atoms with E-state index in [0.29, 0.717) is 11.6 Å². The number of hydrogen-bond acceptors (Lipinski definition) is 6. The lowest BCUT2D eigenvalue weighted by Crippen LogP contribution is -2.05. The largest absolute Gasteiger partial charge is 0.496 e. The first-order chi connectivity index (χ1) is 9.26. The Morgan fingerprint density at radius 2 is 2.05 bits per heavy atom. The van der Waals surface area contributed by atoms with Crippen molar-refractivity contribution in [1.29, 1.82) is 0 Å². The summed E-state index contributed by atoms with van der Waals surface area (Å²) in [4.78, 5) is 0. The van der Waals surface area contributed by atoms with E-state index < -0.39 is 0 Å². The first-order valence-corrected chi connectivity index (χ1v) is 6.68. The van der Waals surface area contributed by atoms with Crippen LogP contribution in [0.25, 0.3) is 0 Å². The molecule has 0 spiro atoms. The van der Waals surface area contributed by atoms with Crippen LogP contribution in [0.5, 0.6) is 11.5 Å². The van der Waals surface area contributed by atoms with Gasteiger partial charge in [-0.25, -0.2) is 0 Å². The summed E-state index contributed by atoms with van der Waals surface area (Å²) in [7, 11) is 3.27. The van der Waals surface area contributed by atoms with E-state index in [-0.39, 0.29) is 0 Å². The quantitative estimate of drug-likeness (QED) is 0.849. The number of nitrogens with zero attached hydrogens (tertiary/aromatic N) is 1. The standard InChI is InChI=1S/C13H17N3O2S/c1-17-10-6-4-3-5-9(10)7-8-15-13-11(18-2)12(14)16-19-13/h3-6,15H,7-8H2,1-2H3,(H2,14,16). The van der Waals surface area contributed by atoms with Crippen LogP contribution < -0.4 is 20.5 Å². The molecular formula is C13H17N3O2S. The van der Waals surface area contributed by atoms with Gasteiger partial charge in [-0.3, -0.25) is 0 Å². The van der Waals surface area contributed by atoms with Crippen molar-refractivity contribution in [2.75, 3.05) is 31.8 Å². The maximum Gasteiger partial charge on any atom is 0.197 e. The van der Waals surface area contributed by atoms with Gasteiger partial charge in [0.05, 0.1) is 14.2 Å². The lowest BCUT2D eigenvalue weighted by molar-refractivity contribution is 0.410. The van der Waals surface area contributed by atoms with Gasteiger partial charge in [0.1, 0.15) is 5.75 Å². The summed E-state index contributed by atoms with van der Waals surface area (Å²) in [5.74, 6) is 1.94. The number of anilines is 2. The fourth-order valence-electron chi connectivity index (χ4n) is 1.82. The Morgan fingerprint density at radius 1 is 1.26 bits per heavy atom. The van der Waals surface area contributed by atoms with Crippen molar-refractivity contribution in [2.45, 2.75) is 6.42 Å². The third-order valence-corrected chi connectivity index (χ3v) is 3.55. The van der Waals surface area contributed by atoms with E-state index in [4.69, 9.17) is 15.2 Å². The SMILES string of the molecule is COc1ccccc1CCNc1snc(N)c1OC. The fourth-order valence-corrected chi connectivity index (χ4v) is 2.53. The maximum atomic E-state index is 5.69. The van der Waals surface area contributed by atoms with Gasteiger partial charge in [-0.2, -0.15) is 4.37 Å². The zero-order chi connectivity index (χ0) is 13.7. The monoisotopic (exact) mass is 279 g/mol. The topological polar surface area (TPSA) is 69.4 Å². The molecule has 19 heavy (non-hydrogen) atoms. The van der Waals surface area contributed by atoms with Crippen LogP contribution in [0.3, 0.4) is 0 Å². The Hall–Kier alpha value is -1.95. The molecular weight excluding hydrogens is 262 g/mol. The van der Waals surface area contributed by atoms with E-state index in [1.165, 1.54) is 11.5 Å². The van der Waals surface area contributed by atoms with Crippen molar-refractivity contribution in [3.8, 4) is 11.5 Å². The second-order valence-electron chi connectivity index (χ2n) is 3.92. The molecule has 1 aromatic carbocycles. The van der Waals surface area contributed by atoms with Crippen molar-refractivity contribution in [1.82, 2.24) is 4.37 Å². The Kier molecular flexibility index (Phi) is 4.46. The van der Waals surface area contributed by atoms with Gasteiger partial charge < -0.3 is 20.5 Å². The molecule has 0 atom stereocenters. The molecule has 0 radical (unpaired) electrons. The van der Waals surface area contributed by atoms with Crippen LogP contribution in [-0.2, 0) is 6.42 Å². The van der Waals surface area contributed by atoms with Crippen molar-refractivity contribution < 1.29 is 9.47 Å². The highest BCUT2D eigenvalue weighted by atomic mass is 32.1. The number of nitrogens with one attached hydrogen (secondary N) is 1. The highest BCUT2D eigenvalue weighted by molar-refractivity contribution is 7.11. The zero-order valence-corrected chi connectivity index (χ0v) is 11.8. The van der Waals surface area contributed by atoms with Gasteiger partial charge in [-0.15, -0.1) is 0 Å². The number of rotatable bonds is 6. The normalized spacial score (nSPS) is 10.2. The number of nitrogen functional groups attached to an aromatic ring is 1. The molecule has 2 aromatic rings. The molecule has 0 unspecified atom stereocenters. The van der Waals surface area contributed by atoms with Crippen LogP contribution in [0.1, 0.15) is 5.56 Å². The van der Waals surface area contributed by atoms with E-state index in [1.54, 1.807) is 14.2 Å². The summed E-state index contributed by atoms with van der Waals surface area (Å²) < 4.78 is 14.6. The van der Waals surface area contributed by atoms with Gasteiger partial charge in [0.2, 0.25) is 0 Å². The minimum absolute atomic E-state index is 0.423. The average molecular weight is 279 g/mol. The molecule has 6 heteroatoms. The number of hydrogen-bond donors (Lipinski definition) is 2. The summed E-state index contributed by atoms with van der Waals surface area (Å²) in [6.07, 6.45) is 0.852. The molecule has 0 aliphatic heterocycles. The molecule has 0 saturated carbocycles. The minimum atomic E-state index is 0.423. The number of nitrogens with two attached hydrogens (primary N) is 1.